The summed E-state index contributed by atoms with van der Waals surface area (Å²) in [6, 6.07) is 0. The van der Waals surface area contributed by atoms with Crippen molar-refractivity contribution in [2.24, 2.45) is 0 Å². The maximum atomic E-state index is 5.27. The molecule has 1 aromatic rings. The summed E-state index contributed by atoms with van der Waals surface area (Å²) in [6.07, 6.45) is 0. The van der Waals surface area contributed by atoms with Gasteiger partial charge >= 0.3 is 0 Å². The van der Waals surface area contributed by atoms with Gasteiger partial charge in [0.05, 0.1) is 23.3 Å². The number of rotatable bonds is 4. The molecule has 0 unspecified atom stereocenters. The van der Waals surface area contributed by atoms with Gasteiger partial charge in [-0.1, -0.05) is 0 Å². The number of hydrogen-bond donors (Lipinski definition) is 0. The number of aryl methyl sites for hydroxylation is 1. The molecule has 0 aliphatic rings. The minimum absolute atomic E-state index is 0.727. The minimum Gasteiger partial charge on any atom is -0.380 e. The van der Waals surface area contributed by atoms with E-state index in [9.17, 15) is 0 Å². The van der Waals surface area contributed by atoms with Crippen LogP contribution in [0, 0.1) is 13.8 Å². The summed E-state index contributed by atoms with van der Waals surface area (Å²) < 4.78 is 8.33. The maximum Gasteiger partial charge on any atom is 0.0738 e. The number of nitrogens with zero attached hydrogens (tertiary/aromatic N) is 2. The van der Waals surface area contributed by atoms with Gasteiger partial charge in [-0.25, -0.2) is 0 Å². The van der Waals surface area contributed by atoms with Crippen molar-refractivity contribution in [1.29, 1.82) is 0 Å². The van der Waals surface area contributed by atoms with Crippen molar-refractivity contribution in [1.82, 2.24) is 9.78 Å². The lowest BCUT2D eigenvalue weighted by atomic mass is 10.4. The number of hydrogen-bond acceptors (Lipinski definition) is 2. The van der Waals surface area contributed by atoms with E-state index < -0.39 is 0 Å². The van der Waals surface area contributed by atoms with E-state index in [1.54, 1.807) is 0 Å². The molecule has 4 heteroatoms. The van der Waals surface area contributed by atoms with Crippen LogP contribution < -0.4 is 0 Å². The van der Waals surface area contributed by atoms with Gasteiger partial charge in [0.2, 0.25) is 0 Å². The van der Waals surface area contributed by atoms with E-state index in [1.807, 2.05) is 18.5 Å². The molecule has 1 rings (SSSR count). The van der Waals surface area contributed by atoms with Gasteiger partial charge in [0, 0.05) is 12.3 Å². The minimum atomic E-state index is 0.727. The molecule has 0 aliphatic carbocycles. The highest BCUT2D eigenvalue weighted by Gasteiger charge is 2.07. The molecule has 0 fully saturated rings. The van der Waals surface area contributed by atoms with Gasteiger partial charge in [-0.15, -0.1) is 0 Å². The van der Waals surface area contributed by atoms with Crippen LogP contribution in [0.4, 0.5) is 0 Å². The lowest BCUT2D eigenvalue weighted by Crippen LogP contribution is -2.08. The second-order valence-corrected chi connectivity index (χ2v) is 3.70. The quantitative estimate of drug-likeness (QED) is 0.763. The van der Waals surface area contributed by atoms with Gasteiger partial charge in [0.15, 0.2) is 0 Å². The van der Waals surface area contributed by atoms with Crippen molar-refractivity contribution < 1.29 is 4.74 Å². The SMILES string of the molecule is CCOCCn1nc(C)c(Br)c1C. The summed E-state index contributed by atoms with van der Waals surface area (Å²) in [5, 5.41) is 4.37. The Morgan fingerprint density at radius 2 is 2.15 bits per heavy atom. The maximum absolute atomic E-state index is 5.27. The van der Waals surface area contributed by atoms with Crippen LogP contribution in [0.1, 0.15) is 18.3 Å². The monoisotopic (exact) mass is 246 g/mol. The normalized spacial score (nSPS) is 10.8. The molecule has 74 valence electrons. The number of ether oxygens (including phenoxy) is 1. The van der Waals surface area contributed by atoms with E-state index in [1.165, 1.54) is 0 Å². The lowest BCUT2D eigenvalue weighted by Gasteiger charge is -2.03. The van der Waals surface area contributed by atoms with Gasteiger partial charge in [-0.2, -0.15) is 5.10 Å². The van der Waals surface area contributed by atoms with Crippen LogP contribution >= 0.6 is 15.9 Å². The lowest BCUT2D eigenvalue weighted by molar-refractivity contribution is 0.135. The predicted octanol–water partition coefficient (Wildman–Crippen LogP) is 2.30. The first kappa shape index (κ1) is 10.7. The summed E-state index contributed by atoms with van der Waals surface area (Å²) in [4.78, 5) is 0. The van der Waals surface area contributed by atoms with Crippen LogP contribution in [0.25, 0.3) is 0 Å². The molecule has 0 N–H and O–H groups in total. The van der Waals surface area contributed by atoms with Gasteiger partial charge in [-0.3, -0.25) is 4.68 Å². The molecule has 0 saturated heterocycles. The molecule has 1 aromatic heterocycles. The molecule has 0 aliphatic heterocycles. The molecule has 1 heterocycles. The van der Waals surface area contributed by atoms with Gasteiger partial charge in [0.25, 0.3) is 0 Å². The van der Waals surface area contributed by atoms with E-state index >= 15 is 0 Å². The molecule has 0 saturated carbocycles. The van der Waals surface area contributed by atoms with Crippen LogP contribution in [-0.4, -0.2) is 23.0 Å². The summed E-state index contributed by atoms with van der Waals surface area (Å²) in [6.45, 7) is 8.36. The fourth-order valence-corrected chi connectivity index (χ4v) is 1.47. The molecule has 0 aromatic carbocycles. The third-order valence-corrected chi connectivity index (χ3v) is 3.09. The zero-order valence-electron chi connectivity index (χ0n) is 8.30. The Kier molecular flexibility index (Phi) is 3.93. The first-order valence-electron chi connectivity index (χ1n) is 4.44. The van der Waals surface area contributed by atoms with Crippen molar-refractivity contribution in [2.75, 3.05) is 13.2 Å². The molecule has 0 amide bonds. The molecule has 0 spiro atoms. The fourth-order valence-electron chi connectivity index (χ4n) is 1.19. The Morgan fingerprint density at radius 3 is 2.62 bits per heavy atom. The molecule has 0 radical (unpaired) electrons. The zero-order chi connectivity index (χ0) is 9.84. The first-order valence-corrected chi connectivity index (χ1v) is 5.23. The third-order valence-electron chi connectivity index (χ3n) is 1.94. The van der Waals surface area contributed by atoms with E-state index in [2.05, 4.69) is 28.0 Å². The molecule has 0 atom stereocenters. The van der Waals surface area contributed by atoms with Gasteiger partial charge in [-0.05, 0) is 36.7 Å². The van der Waals surface area contributed by atoms with Crippen LogP contribution in [0.3, 0.4) is 0 Å². The van der Waals surface area contributed by atoms with Crippen molar-refractivity contribution in [2.45, 2.75) is 27.3 Å². The van der Waals surface area contributed by atoms with Gasteiger partial charge in [0.1, 0.15) is 0 Å². The zero-order valence-corrected chi connectivity index (χ0v) is 9.89. The van der Waals surface area contributed by atoms with Crippen LogP contribution in [0.15, 0.2) is 4.47 Å². The fraction of sp³-hybridized carbons (Fsp3) is 0.667. The second-order valence-electron chi connectivity index (χ2n) is 2.90. The summed E-state index contributed by atoms with van der Waals surface area (Å²) >= 11 is 3.48. The molecule has 3 nitrogen and oxygen atoms in total. The topological polar surface area (TPSA) is 27.1 Å². The Morgan fingerprint density at radius 1 is 1.46 bits per heavy atom. The second kappa shape index (κ2) is 4.77. The van der Waals surface area contributed by atoms with Gasteiger partial charge < -0.3 is 4.74 Å². The van der Waals surface area contributed by atoms with Crippen LogP contribution in [-0.2, 0) is 11.3 Å². The number of halogens is 1. The first-order chi connectivity index (χ1) is 6.16. The van der Waals surface area contributed by atoms with Crippen molar-refractivity contribution >= 4 is 15.9 Å². The van der Waals surface area contributed by atoms with E-state index in [0.29, 0.717) is 0 Å². The standard InChI is InChI=1S/C9H15BrN2O/c1-4-13-6-5-12-8(3)9(10)7(2)11-12/h4-6H2,1-3H3. The number of aromatic nitrogens is 2. The van der Waals surface area contributed by atoms with Crippen LogP contribution in [0.5, 0.6) is 0 Å². The Balaban J connectivity index is 2.61. The molecule has 13 heavy (non-hydrogen) atoms. The van der Waals surface area contributed by atoms with Crippen LogP contribution in [0.2, 0.25) is 0 Å². The van der Waals surface area contributed by atoms with E-state index in [0.717, 1.165) is 35.6 Å². The largest absolute Gasteiger partial charge is 0.380 e. The molecule has 0 bridgehead atoms. The Labute approximate surface area is 87.2 Å². The average Bonchev–Trinajstić information content (AvgIpc) is 2.34. The Bertz CT molecular complexity index is 283. The molecular formula is C9H15BrN2O. The predicted molar refractivity (Wildman–Crippen MR) is 55.9 cm³/mol. The van der Waals surface area contributed by atoms with Crippen molar-refractivity contribution in [3.8, 4) is 0 Å². The highest BCUT2D eigenvalue weighted by atomic mass is 79.9. The summed E-state index contributed by atoms with van der Waals surface area (Å²) in [5.41, 5.74) is 2.20. The average molecular weight is 247 g/mol. The summed E-state index contributed by atoms with van der Waals surface area (Å²) in [5.74, 6) is 0. The third kappa shape index (κ3) is 2.54. The Hall–Kier alpha value is -0.350. The van der Waals surface area contributed by atoms with Crippen molar-refractivity contribution in [3.05, 3.63) is 15.9 Å². The van der Waals surface area contributed by atoms with Crippen molar-refractivity contribution in [3.63, 3.8) is 0 Å². The summed E-state index contributed by atoms with van der Waals surface area (Å²) in [7, 11) is 0. The smallest absolute Gasteiger partial charge is 0.0738 e. The van der Waals surface area contributed by atoms with E-state index in [4.69, 9.17) is 4.74 Å². The highest BCUT2D eigenvalue weighted by molar-refractivity contribution is 9.10. The highest BCUT2D eigenvalue weighted by Crippen LogP contribution is 2.19. The van der Waals surface area contributed by atoms with E-state index in [-0.39, 0.29) is 0 Å². The molecular weight excluding hydrogens is 232 g/mol.